The monoisotopic (exact) mass is 328 g/mol. The Bertz CT molecular complexity index is 731. The van der Waals surface area contributed by atoms with Crippen molar-refractivity contribution in [2.24, 2.45) is 0 Å². The smallest absolute Gasteiger partial charge is 0.324 e. The minimum atomic E-state index is -0.865. The molecule has 9 heteroatoms. The van der Waals surface area contributed by atoms with E-state index in [2.05, 4.69) is 25.8 Å². The van der Waals surface area contributed by atoms with Crippen molar-refractivity contribution in [2.45, 2.75) is 18.9 Å². The first-order valence-electron chi connectivity index (χ1n) is 7.44. The Morgan fingerprint density at radius 3 is 2.75 bits per heavy atom. The van der Waals surface area contributed by atoms with Gasteiger partial charge < -0.3 is 5.32 Å². The molecule has 1 fully saturated rings. The molecule has 0 radical (unpaired) electrons. The van der Waals surface area contributed by atoms with Crippen molar-refractivity contribution in [1.82, 2.24) is 25.4 Å². The van der Waals surface area contributed by atoms with E-state index in [-0.39, 0.29) is 18.9 Å². The molecule has 1 aromatic heterocycles. The van der Waals surface area contributed by atoms with Crippen molar-refractivity contribution in [3.8, 4) is 0 Å². The first kappa shape index (κ1) is 15.7. The quantitative estimate of drug-likeness (QED) is 0.659. The molecule has 0 unspecified atom stereocenters. The summed E-state index contributed by atoms with van der Waals surface area (Å²) < 4.78 is 0. The number of carbonyl (C=O) groups is 3. The second-order valence-electron chi connectivity index (χ2n) is 5.31. The summed E-state index contributed by atoms with van der Waals surface area (Å²) in [5.74, 6) is -0.642. The molecule has 2 aromatic rings. The molecule has 0 aliphatic carbocycles. The summed E-state index contributed by atoms with van der Waals surface area (Å²) in [5.41, 5.74) is 1.03. The number of imide groups is 1. The van der Waals surface area contributed by atoms with Crippen LogP contribution in [0.25, 0.3) is 0 Å². The van der Waals surface area contributed by atoms with Crippen molar-refractivity contribution in [2.75, 3.05) is 11.9 Å². The second-order valence-corrected chi connectivity index (χ2v) is 5.31. The van der Waals surface area contributed by atoms with Crippen LogP contribution < -0.4 is 10.6 Å². The minimum Gasteiger partial charge on any atom is -0.325 e. The molecule has 1 saturated heterocycles. The van der Waals surface area contributed by atoms with E-state index in [1.165, 1.54) is 6.33 Å². The molecule has 124 valence electrons. The maximum Gasteiger partial charge on any atom is 0.324 e. The SMILES string of the molecule is O=C(C[C@H]1NC(=O)N(CCc2ccccc2)C1=O)Nc1ncn[nH]1. The standard InChI is InChI=1S/C15H16N6O3/c22-12(19-14-16-9-17-20-14)8-11-13(23)21(15(24)18-11)7-6-10-4-2-1-3-5-10/h1-5,9,11H,6-8H2,(H,18,24)(H2,16,17,19,20,22)/t11-/m1/s1. The molecule has 24 heavy (non-hydrogen) atoms. The molecular weight excluding hydrogens is 312 g/mol. The number of anilines is 1. The van der Waals surface area contributed by atoms with Gasteiger partial charge in [-0.2, -0.15) is 10.1 Å². The molecule has 1 aromatic carbocycles. The molecule has 4 amide bonds. The number of nitrogens with zero attached hydrogens (tertiary/aromatic N) is 3. The highest BCUT2D eigenvalue weighted by atomic mass is 16.2. The highest BCUT2D eigenvalue weighted by Gasteiger charge is 2.38. The molecule has 9 nitrogen and oxygen atoms in total. The van der Waals surface area contributed by atoms with E-state index in [1.807, 2.05) is 30.3 Å². The summed E-state index contributed by atoms with van der Waals surface area (Å²) in [6.07, 6.45) is 1.66. The number of amides is 4. The lowest BCUT2D eigenvalue weighted by molar-refractivity contribution is -0.129. The maximum absolute atomic E-state index is 12.3. The molecule has 2 heterocycles. The zero-order valence-corrected chi connectivity index (χ0v) is 12.7. The maximum atomic E-state index is 12.3. The molecular formula is C15H16N6O3. The third-order valence-corrected chi connectivity index (χ3v) is 3.64. The number of nitrogens with one attached hydrogen (secondary N) is 3. The number of aromatic nitrogens is 3. The van der Waals surface area contributed by atoms with Crippen molar-refractivity contribution in [3.63, 3.8) is 0 Å². The van der Waals surface area contributed by atoms with E-state index < -0.39 is 23.9 Å². The van der Waals surface area contributed by atoms with Crippen molar-refractivity contribution >= 4 is 23.8 Å². The van der Waals surface area contributed by atoms with Gasteiger partial charge in [-0.15, -0.1) is 0 Å². The molecule has 3 N–H and O–H groups in total. The number of benzene rings is 1. The van der Waals surface area contributed by atoms with Gasteiger partial charge in [-0.25, -0.2) is 9.89 Å². The fraction of sp³-hybridized carbons (Fsp3) is 0.267. The Kier molecular flexibility index (Phi) is 4.50. The van der Waals surface area contributed by atoms with Gasteiger partial charge in [0.15, 0.2) is 0 Å². The first-order chi connectivity index (χ1) is 11.6. The van der Waals surface area contributed by atoms with Gasteiger partial charge in [-0.1, -0.05) is 30.3 Å². The fourth-order valence-electron chi connectivity index (χ4n) is 2.45. The van der Waals surface area contributed by atoms with E-state index in [0.717, 1.165) is 10.5 Å². The molecule has 3 rings (SSSR count). The molecule has 1 aliphatic rings. The van der Waals surface area contributed by atoms with Gasteiger partial charge in [0.25, 0.3) is 5.91 Å². The number of urea groups is 1. The summed E-state index contributed by atoms with van der Waals surface area (Å²) in [7, 11) is 0. The Morgan fingerprint density at radius 2 is 2.04 bits per heavy atom. The number of H-pyrrole nitrogens is 1. The van der Waals surface area contributed by atoms with Crippen molar-refractivity contribution < 1.29 is 14.4 Å². The molecule has 1 aliphatic heterocycles. The number of hydrogen-bond donors (Lipinski definition) is 3. The van der Waals surface area contributed by atoms with Gasteiger partial charge in [0.05, 0.1) is 6.42 Å². The van der Waals surface area contributed by atoms with E-state index in [0.29, 0.717) is 6.42 Å². The topological polar surface area (TPSA) is 120 Å². The highest BCUT2D eigenvalue weighted by molar-refractivity contribution is 6.06. The predicted molar refractivity (Wildman–Crippen MR) is 83.8 cm³/mol. The fourth-order valence-corrected chi connectivity index (χ4v) is 2.45. The van der Waals surface area contributed by atoms with Gasteiger partial charge in [0.1, 0.15) is 12.4 Å². The van der Waals surface area contributed by atoms with Crippen LogP contribution in [0.1, 0.15) is 12.0 Å². The number of hydrogen-bond acceptors (Lipinski definition) is 5. The van der Waals surface area contributed by atoms with Gasteiger partial charge in [-0.05, 0) is 12.0 Å². The Balaban J connectivity index is 1.54. The summed E-state index contributed by atoms with van der Waals surface area (Å²) in [6, 6.07) is 8.22. The average Bonchev–Trinajstić information content (AvgIpc) is 3.16. The Labute approximate surface area is 137 Å². The molecule has 1 atom stereocenters. The first-order valence-corrected chi connectivity index (χ1v) is 7.44. The van der Waals surface area contributed by atoms with Gasteiger partial charge >= 0.3 is 6.03 Å². The molecule has 0 spiro atoms. The van der Waals surface area contributed by atoms with Gasteiger partial charge in [0, 0.05) is 6.54 Å². The third kappa shape index (κ3) is 3.57. The third-order valence-electron chi connectivity index (χ3n) is 3.64. The van der Waals surface area contributed by atoms with Crippen LogP contribution in [0, 0.1) is 0 Å². The predicted octanol–water partition coefficient (Wildman–Crippen LogP) is 0.296. The van der Waals surface area contributed by atoms with Crippen LogP contribution in [0.5, 0.6) is 0 Å². The molecule has 0 saturated carbocycles. The van der Waals surface area contributed by atoms with Crippen LogP contribution in [0.4, 0.5) is 10.7 Å². The van der Waals surface area contributed by atoms with E-state index in [4.69, 9.17) is 0 Å². The lowest BCUT2D eigenvalue weighted by Crippen LogP contribution is -2.35. The Hall–Kier alpha value is -3.23. The highest BCUT2D eigenvalue weighted by Crippen LogP contribution is 2.12. The summed E-state index contributed by atoms with van der Waals surface area (Å²) in [5, 5.41) is 11.1. The van der Waals surface area contributed by atoms with Gasteiger partial charge in [0.2, 0.25) is 11.9 Å². The zero-order chi connectivity index (χ0) is 16.9. The zero-order valence-electron chi connectivity index (χ0n) is 12.7. The summed E-state index contributed by atoms with van der Waals surface area (Å²) in [4.78, 5) is 41.0. The Morgan fingerprint density at radius 1 is 1.25 bits per heavy atom. The lowest BCUT2D eigenvalue weighted by Gasteiger charge is -2.12. The normalized spacial score (nSPS) is 17.0. The second kappa shape index (κ2) is 6.90. The van der Waals surface area contributed by atoms with E-state index in [9.17, 15) is 14.4 Å². The number of carbonyl (C=O) groups excluding carboxylic acids is 3. The number of aromatic amines is 1. The van der Waals surface area contributed by atoms with Crippen LogP contribution in [-0.2, 0) is 16.0 Å². The largest absolute Gasteiger partial charge is 0.325 e. The molecule has 0 bridgehead atoms. The van der Waals surface area contributed by atoms with E-state index >= 15 is 0 Å². The van der Waals surface area contributed by atoms with Crippen LogP contribution in [0.15, 0.2) is 36.7 Å². The van der Waals surface area contributed by atoms with Crippen LogP contribution in [0.3, 0.4) is 0 Å². The van der Waals surface area contributed by atoms with Gasteiger partial charge in [-0.3, -0.25) is 19.8 Å². The van der Waals surface area contributed by atoms with Crippen LogP contribution in [0.2, 0.25) is 0 Å². The lowest BCUT2D eigenvalue weighted by atomic mass is 10.1. The van der Waals surface area contributed by atoms with Crippen molar-refractivity contribution in [3.05, 3.63) is 42.2 Å². The van der Waals surface area contributed by atoms with Crippen LogP contribution in [-0.4, -0.2) is 50.5 Å². The van der Waals surface area contributed by atoms with Crippen LogP contribution >= 0.6 is 0 Å². The van der Waals surface area contributed by atoms with Crippen molar-refractivity contribution in [1.29, 1.82) is 0 Å². The van der Waals surface area contributed by atoms with E-state index in [1.54, 1.807) is 0 Å². The average molecular weight is 328 g/mol. The number of rotatable bonds is 6. The summed E-state index contributed by atoms with van der Waals surface area (Å²) >= 11 is 0. The summed E-state index contributed by atoms with van der Waals surface area (Å²) in [6.45, 7) is 0.273. The minimum absolute atomic E-state index is 0.160.